The van der Waals surface area contributed by atoms with Crippen LogP contribution in [0.4, 0.5) is 0 Å². The average Bonchev–Trinajstić information content (AvgIpc) is 0.918. The molecule has 0 fully saturated rings. The molecule has 0 saturated carbocycles. The van der Waals surface area contributed by atoms with Crippen molar-refractivity contribution in [1.82, 2.24) is 0 Å². The fourth-order valence-electron chi connectivity index (χ4n) is 0. The summed E-state index contributed by atoms with van der Waals surface area (Å²) in [5.41, 5.74) is 0. The van der Waals surface area contributed by atoms with Crippen molar-refractivity contribution in [3.8, 4) is 0 Å². The molecule has 44 valence electrons. The van der Waals surface area contributed by atoms with Gasteiger partial charge >= 0.3 is 0 Å². The monoisotopic (exact) mass is 302 g/mol. The molecule has 0 amide bonds. The van der Waals surface area contributed by atoms with Crippen molar-refractivity contribution in [3.63, 3.8) is 0 Å². The van der Waals surface area contributed by atoms with Gasteiger partial charge in [0.1, 0.15) is 10.5 Å². The summed E-state index contributed by atoms with van der Waals surface area (Å²) in [7, 11) is 2.56. The van der Waals surface area contributed by atoms with Crippen molar-refractivity contribution < 1.29 is 4.43 Å². The number of hydrogen-bond acceptors (Lipinski definition) is 1. The fraction of sp³-hybridized carbons (Fsp3) is 1.00. The molecule has 0 aromatic heterocycles. The maximum Gasteiger partial charge on any atom is 0.145 e. The smallest absolute Gasteiger partial charge is 0.145 e. The van der Waals surface area contributed by atoms with E-state index in [0.29, 0.717) is 0 Å². The van der Waals surface area contributed by atoms with Crippen LogP contribution in [0.25, 0.3) is 0 Å². The highest BCUT2D eigenvalue weighted by Gasteiger charge is 1.27. The highest BCUT2D eigenvalue weighted by Crippen LogP contribution is 1.24. The standard InChI is InChI=1S/CH6OSi.3BrH/c1-2-3;;;/h1,3H3;3*1H. The first-order valence-corrected chi connectivity index (χ1v) is 1.63. The number of hydrogen-bond donors (Lipinski definition) is 0. The quantitative estimate of drug-likeness (QED) is 0.597. The first-order valence-electron chi connectivity index (χ1n) is 0.816. The molecule has 5 heteroatoms. The molecule has 1 nitrogen and oxygen atoms in total. The molecule has 0 spiro atoms. The summed E-state index contributed by atoms with van der Waals surface area (Å²) in [4.78, 5) is 0. The van der Waals surface area contributed by atoms with Gasteiger partial charge in [-0.25, -0.2) is 0 Å². The molecular weight excluding hydrogens is 296 g/mol. The second-order valence-electron chi connectivity index (χ2n) is 0.408. The Morgan fingerprint density at radius 1 is 1.17 bits per heavy atom. The third-order valence-corrected chi connectivity index (χ3v) is 0. The van der Waals surface area contributed by atoms with Gasteiger partial charge in [0, 0.05) is 7.11 Å². The summed E-state index contributed by atoms with van der Waals surface area (Å²) in [6.45, 7) is 0. The summed E-state index contributed by atoms with van der Waals surface area (Å²) in [5, 5.41) is 0. The van der Waals surface area contributed by atoms with Gasteiger partial charge in [-0.05, 0) is 0 Å². The van der Waals surface area contributed by atoms with Gasteiger partial charge in [0.25, 0.3) is 0 Å². The van der Waals surface area contributed by atoms with Crippen LogP contribution in [0.1, 0.15) is 0 Å². The first kappa shape index (κ1) is 25.5. The Bertz CT molecular complexity index is 10.8. The lowest BCUT2D eigenvalue weighted by Gasteiger charge is -1.61. The first-order chi connectivity index (χ1) is 1.41. The van der Waals surface area contributed by atoms with Crippen LogP contribution >= 0.6 is 50.9 Å². The minimum absolute atomic E-state index is 0. The van der Waals surface area contributed by atoms with Crippen molar-refractivity contribution in [2.45, 2.75) is 0 Å². The van der Waals surface area contributed by atoms with E-state index >= 15 is 0 Å². The van der Waals surface area contributed by atoms with E-state index in [4.69, 9.17) is 0 Å². The third kappa shape index (κ3) is 45.8. The second-order valence-corrected chi connectivity index (χ2v) is 1.22. The zero-order valence-electron chi connectivity index (χ0n) is 3.63. The van der Waals surface area contributed by atoms with Crippen LogP contribution in [0, 0.1) is 0 Å². The Kier molecular flexibility index (Phi) is 130. The molecule has 0 aliphatic rings. The van der Waals surface area contributed by atoms with Crippen LogP contribution in [0.5, 0.6) is 0 Å². The molecular formula is CH9Br3OSi. The van der Waals surface area contributed by atoms with Gasteiger partial charge in [-0.3, -0.25) is 0 Å². The molecule has 0 atom stereocenters. The van der Waals surface area contributed by atoms with E-state index in [9.17, 15) is 0 Å². The Hall–Kier alpha value is 1.62. The molecule has 0 rings (SSSR count). The van der Waals surface area contributed by atoms with Crippen molar-refractivity contribution in [2.75, 3.05) is 7.11 Å². The van der Waals surface area contributed by atoms with Crippen molar-refractivity contribution in [3.05, 3.63) is 0 Å². The van der Waals surface area contributed by atoms with Crippen molar-refractivity contribution in [1.29, 1.82) is 0 Å². The molecule has 0 saturated heterocycles. The second kappa shape index (κ2) is 30.5. The Morgan fingerprint density at radius 3 is 1.17 bits per heavy atom. The SMILES string of the molecule is Br.Br.Br.CO[SiH3]. The van der Waals surface area contributed by atoms with E-state index in [-0.39, 0.29) is 50.9 Å². The van der Waals surface area contributed by atoms with Crippen LogP contribution in [-0.2, 0) is 4.43 Å². The lowest BCUT2D eigenvalue weighted by Crippen LogP contribution is -1.60. The van der Waals surface area contributed by atoms with Gasteiger partial charge in [-0.2, -0.15) is 0 Å². The molecule has 0 aromatic carbocycles. The van der Waals surface area contributed by atoms with Crippen LogP contribution in [0.2, 0.25) is 0 Å². The Labute approximate surface area is 72.7 Å². The van der Waals surface area contributed by atoms with Crippen molar-refractivity contribution >= 4 is 61.4 Å². The van der Waals surface area contributed by atoms with E-state index in [1.54, 1.807) is 7.11 Å². The molecule has 0 radical (unpaired) electrons. The van der Waals surface area contributed by atoms with E-state index in [2.05, 4.69) is 4.43 Å². The molecule has 0 aliphatic carbocycles. The molecule has 0 aromatic rings. The molecule has 0 bridgehead atoms. The molecule has 6 heavy (non-hydrogen) atoms. The maximum absolute atomic E-state index is 4.39. The zero-order valence-corrected chi connectivity index (χ0v) is 10.8. The largest absolute Gasteiger partial charge is 0.431 e. The molecule has 0 unspecified atom stereocenters. The molecule has 0 N–H and O–H groups in total. The third-order valence-electron chi connectivity index (χ3n) is 0. The molecule has 0 heterocycles. The van der Waals surface area contributed by atoms with Gasteiger partial charge in [0.2, 0.25) is 0 Å². The van der Waals surface area contributed by atoms with Gasteiger partial charge < -0.3 is 4.43 Å². The summed E-state index contributed by atoms with van der Waals surface area (Å²) >= 11 is 0. The van der Waals surface area contributed by atoms with Crippen LogP contribution in [-0.4, -0.2) is 17.6 Å². The highest BCUT2D eigenvalue weighted by atomic mass is 79.9. The van der Waals surface area contributed by atoms with E-state index in [1.807, 2.05) is 0 Å². The Morgan fingerprint density at radius 2 is 1.17 bits per heavy atom. The fourth-order valence-corrected chi connectivity index (χ4v) is 0. The summed E-state index contributed by atoms with van der Waals surface area (Å²) in [6, 6.07) is 0. The van der Waals surface area contributed by atoms with Gasteiger partial charge in [-0.15, -0.1) is 50.9 Å². The topological polar surface area (TPSA) is 9.23 Å². The van der Waals surface area contributed by atoms with Crippen LogP contribution < -0.4 is 0 Å². The van der Waals surface area contributed by atoms with Crippen LogP contribution in [0.15, 0.2) is 0 Å². The summed E-state index contributed by atoms with van der Waals surface area (Å²) < 4.78 is 4.39. The molecule has 0 aliphatic heterocycles. The predicted octanol–water partition coefficient (Wildman–Crippen LogP) is 0.647. The van der Waals surface area contributed by atoms with E-state index < -0.39 is 0 Å². The summed E-state index contributed by atoms with van der Waals surface area (Å²) in [5.74, 6) is 0. The number of halogens is 3. The zero-order chi connectivity index (χ0) is 2.71. The predicted molar refractivity (Wildman–Crippen MR) is 47.9 cm³/mol. The van der Waals surface area contributed by atoms with Gasteiger partial charge in [0.15, 0.2) is 0 Å². The highest BCUT2D eigenvalue weighted by molar-refractivity contribution is 8.93. The lowest BCUT2D eigenvalue weighted by atomic mass is 11.8. The maximum atomic E-state index is 4.39. The Balaban J connectivity index is -0.00000000667. The van der Waals surface area contributed by atoms with E-state index in [1.165, 1.54) is 0 Å². The minimum atomic E-state index is 0. The summed E-state index contributed by atoms with van der Waals surface area (Å²) in [6.07, 6.45) is 0. The van der Waals surface area contributed by atoms with Crippen molar-refractivity contribution in [2.24, 2.45) is 0 Å². The van der Waals surface area contributed by atoms with Gasteiger partial charge in [0.05, 0.1) is 0 Å². The van der Waals surface area contributed by atoms with E-state index in [0.717, 1.165) is 10.5 Å². The normalized spacial score (nSPS) is 3.50. The average molecular weight is 305 g/mol. The van der Waals surface area contributed by atoms with Gasteiger partial charge in [-0.1, -0.05) is 0 Å². The van der Waals surface area contributed by atoms with Crippen LogP contribution in [0.3, 0.4) is 0 Å². The lowest BCUT2D eigenvalue weighted by molar-refractivity contribution is 0.460. The minimum Gasteiger partial charge on any atom is -0.431 e. The number of rotatable bonds is 0.